The maximum atomic E-state index is 11.8. The van der Waals surface area contributed by atoms with Gasteiger partial charge in [0.1, 0.15) is 19.0 Å². The highest BCUT2D eigenvalue weighted by Gasteiger charge is 2.13. The highest BCUT2D eigenvalue weighted by Crippen LogP contribution is 2.22. The van der Waals surface area contributed by atoms with Crippen molar-refractivity contribution in [3.05, 3.63) is 63.2 Å². The quantitative estimate of drug-likeness (QED) is 0.533. The van der Waals surface area contributed by atoms with E-state index in [9.17, 15) is 4.79 Å². The second-order valence-electron chi connectivity index (χ2n) is 5.18. The third-order valence-electron chi connectivity index (χ3n) is 3.18. The van der Waals surface area contributed by atoms with E-state index in [1.807, 2.05) is 30.3 Å². The molecule has 0 fully saturated rings. The Labute approximate surface area is 154 Å². The lowest BCUT2D eigenvalue weighted by Gasteiger charge is -2.14. The Morgan fingerprint density at radius 1 is 1.25 bits per heavy atom. The van der Waals surface area contributed by atoms with Crippen LogP contribution in [0.4, 0.5) is 0 Å². The van der Waals surface area contributed by atoms with Gasteiger partial charge in [0.15, 0.2) is 0 Å². The van der Waals surface area contributed by atoms with Crippen LogP contribution in [0.25, 0.3) is 0 Å². The number of carbonyl (C=O) groups excluding carboxylic acids is 1. The van der Waals surface area contributed by atoms with Gasteiger partial charge in [0.25, 0.3) is 0 Å². The molecule has 0 aliphatic rings. The predicted molar refractivity (Wildman–Crippen MR) is 98.2 cm³/mol. The number of nitriles is 1. The van der Waals surface area contributed by atoms with Gasteiger partial charge in [-0.3, -0.25) is 4.79 Å². The summed E-state index contributed by atoms with van der Waals surface area (Å²) < 4.78 is 11.7. The van der Waals surface area contributed by atoms with E-state index in [0.29, 0.717) is 11.3 Å². The first-order valence-electron chi connectivity index (χ1n) is 7.36. The van der Waals surface area contributed by atoms with E-state index in [2.05, 4.69) is 28.7 Å². The second kappa shape index (κ2) is 9.25. The lowest BCUT2D eigenvalue weighted by molar-refractivity contribution is -0.145. The van der Waals surface area contributed by atoms with Gasteiger partial charge in [0.2, 0.25) is 0 Å². The molecule has 0 spiro atoms. The number of benzene rings is 2. The van der Waals surface area contributed by atoms with Crippen LogP contribution in [0.2, 0.25) is 0 Å². The summed E-state index contributed by atoms with van der Waals surface area (Å²) in [4.78, 5) is 11.8. The third kappa shape index (κ3) is 5.83. The summed E-state index contributed by atoms with van der Waals surface area (Å²) in [5, 5.41) is 8.91. The molecule has 1 atom stereocenters. The zero-order valence-electron chi connectivity index (χ0n) is 12.9. The summed E-state index contributed by atoms with van der Waals surface area (Å²) in [5.41, 5.74) is 7.36. The number of hydrogen-bond acceptors (Lipinski definition) is 5. The van der Waals surface area contributed by atoms with Crippen LogP contribution in [0, 0.1) is 14.9 Å². The molecule has 5 nitrogen and oxygen atoms in total. The molecule has 2 rings (SSSR count). The van der Waals surface area contributed by atoms with Gasteiger partial charge in [-0.1, -0.05) is 30.3 Å². The maximum Gasteiger partial charge on any atom is 0.307 e. The summed E-state index contributed by atoms with van der Waals surface area (Å²) in [6, 6.07) is 16.2. The van der Waals surface area contributed by atoms with Crippen molar-refractivity contribution in [1.82, 2.24) is 0 Å². The molecule has 2 aromatic carbocycles. The van der Waals surface area contributed by atoms with Crippen molar-refractivity contribution < 1.29 is 14.3 Å². The normalized spacial score (nSPS) is 11.4. The van der Waals surface area contributed by atoms with Crippen LogP contribution in [0.1, 0.15) is 17.5 Å². The SMILES string of the molecule is N#Cc1ccc(I)c(OCC(N)CC(=O)OCc2ccccc2)c1. The van der Waals surface area contributed by atoms with Gasteiger partial charge in [-0.25, -0.2) is 0 Å². The molecular formula is C18H17IN2O3. The van der Waals surface area contributed by atoms with Gasteiger partial charge in [-0.05, 0) is 46.4 Å². The molecule has 124 valence electrons. The van der Waals surface area contributed by atoms with Crippen molar-refractivity contribution in [2.45, 2.75) is 19.1 Å². The molecule has 0 amide bonds. The zero-order chi connectivity index (χ0) is 17.4. The molecule has 0 aliphatic carbocycles. The number of nitrogens with zero attached hydrogens (tertiary/aromatic N) is 1. The average molecular weight is 436 g/mol. The number of carbonyl (C=O) groups is 1. The van der Waals surface area contributed by atoms with Crippen LogP contribution in [0.5, 0.6) is 5.75 Å². The molecule has 0 heterocycles. The second-order valence-corrected chi connectivity index (χ2v) is 6.34. The molecule has 0 aromatic heterocycles. The smallest absolute Gasteiger partial charge is 0.307 e. The van der Waals surface area contributed by atoms with Crippen molar-refractivity contribution in [3.8, 4) is 11.8 Å². The first kappa shape index (κ1) is 18.2. The fraction of sp³-hybridized carbons (Fsp3) is 0.222. The average Bonchev–Trinajstić information content (AvgIpc) is 2.60. The van der Waals surface area contributed by atoms with E-state index in [0.717, 1.165) is 9.13 Å². The van der Waals surface area contributed by atoms with Crippen molar-refractivity contribution in [2.24, 2.45) is 5.73 Å². The lowest BCUT2D eigenvalue weighted by Crippen LogP contribution is -2.31. The van der Waals surface area contributed by atoms with Gasteiger partial charge < -0.3 is 15.2 Å². The van der Waals surface area contributed by atoms with Crippen LogP contribution in [0.15, 0.2) is 48.5 Å². The number of nitrogens with two attached hydrogens (primary N) is 1. The fourth-order valence-corrected chi connectivity index (χ4v) is 2.44. The largest absolute Gasteiger partial charge is 0.491 e. The molecule has 2 aromatic rings. The molecule has 24 heavy (non-hydrogen) atoms. The van der Waals surface area contributed by atoms with E-state index in [4.69, 9.17) is 20.5 Å². The predicted octanol–water partition coefficient (Wildman–Crippen LogP) is 3.00. The minimum absolute atomic E-state index is 0.0708. The molecule has 0 radical (unpaired) electrons. The number of rotatable bonds is 7. The van der Waals surface area contributed by atoms with Crippen molar-refractivity contribution in [2.75, 3.05) is 6.61 Å². The Balaban J connectivity index is 1.77. The van der Waals surface area contributed by atoms with Crippen LogP contribution < -0.4 is 10.5 Å². The molecular weight excluding hydrogens is 419 g/mol. The van der Waals surface area contributed by atoms with Crippen molar-refractivity contribution in [1.29, 1.82) is 5.26 Å². The van der Waals surface area contributed by atoms with Gasteiger partial charge in [0.05, 0.1) is 21.6 Å². The van der Waals surface area contributed by atoms with Gasteiger partial charge in [-0.15, -0.1) is 0 Å². The van der Waals surface area contributed by atoms with Gasteiger partial charge in [-0.2, -0.15) is 5.26 Å². The summed E-state index contributed by atoms with van der Waals surface area (Å²) in [6.45, 7) is 0.403. The van der Waals surface area contributed by atoms with Crippen LogP contribution in [0.3, 0.4) is 0 Å². The Morgan fingerprint density at radius 3 is 2.71 bits per heavy atom. The van der Waals surface area contributed by atoms with E-state index < -0.39 is 6.04 Å². The Kier molecular flexibility index (Phi) is 7.03. The monoisotopic (exact) mass is 436 g/mol. The fourth-order valence-electron chi connectivity index (χ4n) is 1.95. The lowest BCUT2D eigenvalue weighted by atomic mass is 10.2. The highest BCUT2D eigenvalue weighted by molar-refractivity contribution is 14.1. The highest BCUT2D eigenvalue weighted by atomic mass is 127. The molecule has 1 unspecified atom stereocenters. The summed E-state index contributed by atoms with van der Waals surface area (Å²) in [6.07, 6.45) is 0.0708. The summed E-state index contributed by atoms with van der Waals surface area (Å²) in [5.74, 6) is 0.221. The van der Waals surface area contributed by atoms with Gasteiger partial charge in [0, 0.05) is 6.04 Å². The molecule has 6 heteroatoms. The Bertz CT molecular complexity index is 729. The molecule has 0 saturated carbocycles. The molecule has 0 aliphatic heterocycles. The first-order valence-corrected chi connectivity index (χ1v) is 8.44. The zero-order valence-corrected chi connectivity index (χ0v) is 15.1. The molecule has 0 saturated heterocycles. The standard InChI is InChI=1S/C18H17IN2O3/c19-16-7-6-14(10-20)8-17(16)23-12-15(21)9-18(22)24-11-13-4-2-1-3-5-13/h1-8,15H,9,11-12,21H2. The van der Waals surface area contributed by atoms with Crippen molar-refractivity contribution >= 4 is 28.6 Å². The van der Waals surface area contributed by atoms with Crippen LogP contribution in [-0.2, 0) is 16.1 Å². The van der Waals surface area contributed by atoms with E-state index >= 15 is 0 Å². The van der Waals surface area contributed by atoms with E-state index in [1.54, 1.807) is 18.2 Å². The molecule has 2 N–H and O–H groups in total. The van der Waals surface area contributed by atoms with Gasteiger partial charge >= 0.3 is 5.97 Å². The van der Waals surface area contributed by atoms with E-state index in [-0.39, 0.29) is 25.6 Å². The number of halogens is 1. The number of esters is 1. The van der Waals surface area contributed by atoms with E-state index in [1.165, 1.54) is 0 Å². The molecule has 0 bridgehead atoms. The van der Waals surface area contributed by atoms with Crippen LogP contribution >= 0.6 is 22.6 Å². The summed E-state index contributed by atoms with van der Waals surface area (Å²) >= 11 is 2.12. The minimum Gasteiger partial charge on any atom is -0.491 e. The summed E-state index contributed by atoms with van der Waals surface area (Å²) in [7, 11) is 0. The maximum absolute atomic E-state index is 11.8. The van der Waals surface area contributed by atoms with Crippen molar-refractivity contribution in [3.63, 3.8) is 0 Å². The Morgan fingerprint density at radius 2 is 2.00 bits per heavy atom. The third-order valence-corrected chi connectivity index (χ3v) is 4.08. The minimum atomic E-state index is -0.477. The number of ether oxygens (including phenoxy) is 2. The first-order chi connectivity index (χ1) is 11.6. The number of hydrogen-bond donors (Lipinski definition) is 1. The Hall–Kier alpha value is -2.11. The van der Waals surface area contributed by atoms with Crippen LogP contribution in [-0.4, -0.2) is 18.6 Å². The topological polar surface area (TPSA) is 85.3 Å².